The molecular formula is C11H20N2O5S. The third-order valence-corrected chi connectivity index (χ3v) is 5.15. The highest BCUT2D eigenvalue weighted by Gasteiger charge is 2.29. The topological polar surface area (TPSA) is 118 Å². The van der Waals surface area contributed by atoms with Crippen molar-refractivity contribution in [2.24, 2.45) is 11.7 Å². The first-order valence-electron chi connectivity index (χ1n) is 6.29. The van der Waals surface area contributed by atoms with Crippen LogP contribution in [0.25, 0.3) is 0 Å². The highest BCUT2D eigenvalue weighted by Crippen LogP contribution is 2.25. The molecule has 0 spiro atoms. The molecule has 1 rings (SSSR count). The number of sulfonamides is 1. The second-order valence-corrected chi connectivity index (χ2v) is 6.92. The smallest absolute Gasteiger partial charge is 0.318 e. The lowest BCUT2D eigenvalue weighted by molar-refractivity contribution is -0.137. The number of carboxylic acid groups (broad SMARTS) is 1. The van der Waals surface area contributed by atoms with Crippen LogP contribution in [0, 0.1) is 5.92 Å². The van der Waals surface area contributed by atoms with Gasteiger partial charge in [-0.1, -0.05) is 19.3 Å². The summed E-state index contributed by atoms with van der Waals surface area (Å²) in [6, 6.07) is 0. The number of carbonyl (C=O) groups excluding carboxylic acids is 1. The van der Waals surface area contributed by atoms with Crippen LogP contribution in [0.5, 0.6) is 0 Å². The first-order valence-corrected chi connectivity index (χ1v) is 7.90. The summed E-state index contributed by atoms with van der Waals surface area (Å²) in [4.78, 5) is 21.5. The summed E-state index contributed by atoms with van der Waals surface area (Å²) in [7, 11) is -3.76. The molecule has 0 bridgehead atoms. The van der Waals surface area contributed by atoms with Crippen molar-refractivity contribution in [3.05, 3.63) is 0 Å². The molecule has 0 saturated heterocycles. The molecule has 19 heavy (non-hydrogen) atoms. The van der Waals surface area contributed by atoms with Gasteiger partial charge in [0.15, 0.2) is 0 Å². The molecule has 3 N–H and O–H groups in total. The van der Waals surface area contributed by atoms with Gasteiger partial charge in [0.05, 0.1) is 12.3 Å². The first-order chi connectivity index (χ1) is 8.81. The van der Waals surface area contributed by atoms with Gasteiger partial charge in [0.2, 0.25) is 15.9 Å². The molecule has 7 nitrogen and oxygen atoms in total. The minimum Gasteiger partial charge on any atom is -0.480 e. The van der Waals surface area contributed by atoms with Crippen LogP contribution in [0.2, 0.25) is 0 Å². The summed E-state index contributed by atoms with van der Waals surface area (Å²) < 4.78 is 24.9. The van der Waals surface area contributed by atoms with E-state index in [0.717, 1.165) is 32.1 Å². The van der Waals surface area contributed by atoms with Gasteiger partial charge in [-0.25, -0.2) is 8.42 Å². The van der Waals surface area contributed by atoms with Crippen LogP contribution in [0.4, 0.5) is 0 Å². The van der Waals surface area contributed by atoms with Gasteiger partial charge in [-0.05, 0) is 18.8 Å². The van der Waals surface area contributed by atoms with E-state index < -0.39 is 35.0 Å². The summed E-state index contributed by atoms with van der Waals surface area (Å²) in [5.74, 6) is -2.21. The summed E-state index contributed by atoms with van der Waals surface area (Å²) in [5.41, 5.74) is 4.96. The summed E-state index contributed by atoms with van der Waals surface area (Å²) in [6.45, 7) is -1.31. The Kier molecular flexibility index (Phi) is 5.74. The van der Waals surface area contributed by atoms with Gasteiger partial charge in [0, 0.05) is 0 Å². The number of primary amides is 1. The average Bonchev–Trinajstić information content (AvgIpc) is 2.27. The van der Waals surface area contributed by atoms with Crippen molar-refractivity contribution < 1.29 is 23.1 Å². The molecule has 110 valence electrons. The third kappa shape index (κ3) is 5.56. The van der Waals surface area contributed by atoms with Crippen LogP contribution < -0.4 is 5.73 Å². The third-order valence-electron chi connectivity index (χ3n) is 3.21. The van der Waals surface area contributed by atoms with Crippen LogP contribution in [0.1, 0.15) is 32.1 Å². The lowest BCUT2D eigenvalue weighted by atomic mass is 9.91. The Morgan fingerprint density at radius 3 is 2.21 bits per heavy atom. The van der Waals surface area contributed by atoms with Gasteiger partial charge in [0.1, 0.15) is 6.54 Å². The highest BCUT2D eigenvalue weighted by atomic mass is 32.2. The largest absolute Gasteiger partial charge is 0.480 e. The molecule has 1 aliphatic rings. The first kappa shape index (κ1) is 15.9. The maximum absolute atomic E-state index is 12.1. The zero-order valence-corrected chi connectivity index (χ0v) is 11.6. The van der Waals surface area contributed by atoms with Crippen molar-refractivity contribution in [3.8, 4) is 0 Å². The van der Waals surface area contributed by atoms with Gasteiger partial charge in [-0.3, -0.25) is 9.59 Å². The second-order valence-electron chi connectivity index (χ2n) is 4.91. The molecule has 0 aromatic rings. The number of nitrogens with zero attached hydrogens (tertiary/aromatic N) is 1. The predicted octanol–water partition coefficient (Wildman–Crippen LogP) is -0.232. The van der Waals surface area contributed by atoms with Crippen molar-refractivity contribution in [1.29, 1.82) is 0 Å². The number of carbonyl (C=O) groups is 2. The van der Waals surface area contributed by atoms with Crippen molar-refractivity contribution in [2.75, 3.05) is 18.8 Å². The van der Waals surface area contributed by atoms with Crippen LogP contribution >= 0.6 is 0 Å². The number of aliphatic carboxylic acids is 1. The number of amides is 1. The molecule has 1 fully saturated rings. The van der Waals surface area contributed by atoms with Crippen molar-refractivity contribution >= 4 is 21.9 Å². The fourth-order valence-electron chi connectivity index (χ4n) is 2.33. The van der Waals surface area contributed by atoms with Gasteiger partial charge < -0.3 is 10.8 Å². The quantitative estimate of drug-likeness (QED) is 0.672. The van der Waals surface area contributed by atoms with Crippen molar-refractivity contribution in [1.82, 2.24) is 4.31 Å². The fourth-order valence-corrected chi connectivity index (χ4v) is 4.11. The molecule has 0 unspecified atom stereocenters. The normalized spacial score (nSPS) is 17.5. The zero-order chi connectivity index (χ0) is 14.5. The minimum atomic E-state index is -3.76. The monoisotopic (exact) mass is 292 g/mol. The van der Waals surface area contributed by atoms with Crippen LogP contribution in [0.3, 0.4) is 0 Å². The van der Waals surface area contributed by atoms with Crippen LogP contribution in [0.15, 0.2) is 0 Å². The van der Waals surface area contributed by atoms with E-state index in [1.54, 1.807) is 0 Å². The Morgan fingerprint density at radius 1 is 1.16 bits per heavy atom. The van der Waals surface area contributed by atoms with E-state index in [1.807, 2.05) is 0 Å². The predicted molar refractivity (Wildman–Crippen MR) is 68.8 cm³/mol. The minimum absolute atomic E-state index is 0.0444. The molecule has 8 heteroatoms. The van der Waals surface area contributed by atoms with Gasteiger partial charge >= 0.3 is 5.97 Å². The number of hydrogen-bond acceptors (Lipinski definition) is 4. The lowest BCUT2D eigenvalue weighted by Gasteiger charge is -2.25. The standard InChI is InChI=1S/C11H20N2O5S/c12-10(14)6-13(7-11(15)16)19(17,18)8-9-4-2-1-3-5-9/h9H,1-8H2,(H2,12,14)(H,15,16). The van der Waals surface area contributed by atoms with Crippen molar-refractivity contribution in [3.63, 3.8) is 0 Å². The molecule has 1 saturated carbocycles. The highest BCUT2D eigenvalue weighted by molar-refractivity contribution is 7.89. The Bertz CT molecular complexity index is 412. The van der Waals surface area contributed by atoms with Crippen molar-refractivity contribution in [2.45, 2.75) is 32.1 Å². The Balaban J connectivity index is 2.72. The molecule has 0 radical (unpaired) electrons. The molecule has 1 aliphatic carbocycles. The summed E-state index contributed by atoms with van der Waals surface area (Å²) >= 11 is 0. The SMILES string of the molecule is NC(=O)CN(CC(=O)O)S(=O)(=O)CC1CCCCC1. The molecule has 0 heterocycles. The van der Waals surface area contributed by atoms with Gasteiger partial charge in [-0.15, -0.1) is 0 Å². The second kappa shape index (κ2) is 6.85. The van der Waals surface area contributed by atoms with Gasteiger partial charge in [0.25, 0.3) is 0 Å². The number of carboxylic acids is 1. The number of rotatable bonds is 7. The maximum Gasteiger partial charge on any atom is 0.318 e. The summed E-state index contributed by atoms with van der Waals surface area (Å²) in [5, 5.41) is 8.71. The maximum atomic E-state index is 12.1. The van der Waals surface area contributed by atoms with E-state index in [0.29, 0.717) is 4.31 Å². The zero-order valence-electron chi connectivity index (χ0n) is 10.7. The summed E-state index contributed by atoms with van der Waals surface area (Å²) in [6.07, 6.45) is 4.76. The Morgan fingerprint density at radius 2 is 1.74 bits per heavy atom. The lowest BCUT2D eigenvalue weighted by Crippen LogP contribution is -2.43. The molecule has 0 aromatic carbocycles. The Labute approximate surface area is 112 Å². The number of nitrogens with two attached hydrogens (primary N) is 1. The van der Waals surface area contributed by atoms with E-state index in [-0.39, 0.29) is 11.7 Å². The molecule has 1 amide bonds. The van der Waals surface area contributed by atoms with Crippen LogP contribution in [-0.4, -0.2) is 48.5 Å². The van der Waals surface area contributed by atoms with E-state index in [9.17, 15) is 18.0 Å². The molecule has 0 aliphatic heterocycles. The van der Waals surface area contributed by atoms with Crippen LogP contribution in [-0.2, 0) is 19.6 Å². The average molecular weight is 292 g/mol. The van der Waals surface area contributed by atoms with Gasteiger partial charge in [-0.2, -0.15) is 4.31 Å². The number of hydrogen-bond donors (Lipinski definition) is 2. The van der Waals surface area contributed by atoms with E-state index >= 15 is 0 Å². The molecule has 0 atom stereocenters. The molecular weight excluding hydrogens is 272 g/mol. The fraction of sp³-hybridized carbons (Fsp3) is 0.818. The van der Waals surface area contributed by atoms with E-state index in [1.165, 1.54) is 0 Å². The van der Waals surface area contributed by atoms with E-state index in [2.05, 4.69) is 0 Å². The Hall–Kier alpha value is -1.15. The molecule has 0 aromatic heterocycles. The van der Waals surface area contributed by atoms with E-state index in [4.69, 9.17) is 10.8 Å².